The van der Waals surface area contributed by atoms with Crippen LogP contribution in [-0.4, -0.2) is 23.4 Å². The van der Waals surface area contributed by atoms with E-state index >= 15 is 0 Å². The van der Waals surface area contributed by atoms with E-state index in [1.165, 1.54) is 6.07 Å². The highest BCUT2D eigenvalue weighted by Crippen LogP contribution is 2.23. The van der Waals surface area contributed by atoms with Crippen molar-refractivity contribution < 1.29 is 9.18 Å². The summed E-state index contributed by atoms with van der Waals surface area (Å²) in [6.07, 6.45) is 2.81. The molecular weight excluding hydrogens is 309 g/mol. The first kappa shape index (κ1) is 16.2. The van der Waals surface area contributed by atoms with Crippen molar-refractivity contribution in [3.8, 4) is 0 Å². The molecule has 0 fully saturated rings. The Hall–Kier alpha value is -0.900. The van der Waals surface area contributed by atoms with Gasteiger partial charge in [-0.15, -0.1) is 0 Å². The molecule has 0 aliphatic heterocycles. The van der Waals surface area contributed by atoms with Gasteiger partial charge in [-0.25, -0.2) is 4.39 Å². The minimum absolute atomic E-state index is 0.116. The first-order chi connectivity index (χ1) is 9.02. The summed E-state index contributed by atoms with van der Waals surface area (Å²) < 4.78 is 14.4. The predicted octanol–water partition coefficient (Wildman–Crippen LogP) is 4.63. The van der Waals surface area contributed by atoms with E-state index in [0.29, 0.717) is 11.0 Å². The van der Waals surface area contributed by atoms with Crippen molar-refractivity contribution in [3.05, 3.63) is 34.1 Å². The fourth-order valence-electron chi connectivity index (χ4n) is 1.92. The number of rotatable bonds is 6. The standard InChI is InChI=1S/C15H21BrFNO/c1-4-6-10-18(11(3)5-2)15(19)14-12(16)8-7-9-13(14)17/h7-9,11H,4-6,10H2,1-3H3. The van der Waals surface area contributed by atoms with Crippen LogP contribution in [0.1, 0.15) is 50.4 Å². The molecule has 0 N–H and O–H groups in total. The van der Waals surface area contributed by atoms with E-state index in [1.54, 1.807) is 17.0 Å². The molecule has 19 heavy (non-hydrogen) atoms. The van der Waals surface area contributed by atoms with Crippen molar-refractivity contribution in [3.63, 3.8) is 0 Å². The predicted molar refractivity (Wildman–Crippen MR) is 79.8 cm³/mol. The van der Waals surface area contributed by atoms with Gasteiger partial charge in [0.15, 0.2) is 0 Å². The normalized spacial score (nSPS) is 12.3. The molecule has 0 saturated heterocycles. The summed E-state index contributed by atoms with van der Waals surface area (Å²) in [6, 6.07) is 4.73. The molecule has 1 aromatic carbocycles. The van der Waals surface area contributed by atoms with Crippen LogP contribution < -0.4 is 0 Å². The third-order valence-corrected chi connectivity index (χ3v) is 3.97. The lowest BCUT2D eigenvalue weighted by atomic mass is 10.1. The fraction of sp³-hybridized carbons (Fsp3) is 0.533. The summed E-state index contributed by atoms with van der Waals surface area (Å²) in [4.78, 5) is 14.3. The number of benzene rings is 1. The lowest BCUT2D eigenvalue weighted by molar-refractivity contribution is 0.0679. The van der Waals surface area contributed by atoms with E-state index in [4.69, 9.17) is 0 Å². The van der Waals surface area contributed by atoms with Gasteiger partial charge in [0.2, 0.25) is 0 Å². The van der Waals surface area contributed by atoms with Crippen LogP contribution in [0.15, 0.2) is 22.7 Å². The molecule has 1 atom stereocenters. The van der Waals surface area contributed by atoms with Crippen molar-refractivity contribution in [2.75, 3.05) is 6.54 Å². The van der Waals surface area contributed by atoms with E-state index in [0.717, 1.165) is 19.3 Å². The van der Waals surface area contributed by atoms with Crippen LogP contribution in [0.3, 0.4) is 0 Å². The molecule has 1 aromatic rings. The number of carbonyl (C=O) groups excluding carboxylic acids is 1. The van der Waals surface area contributed by atoms with Crippen LogP contribution in [0.5, 0.6) is 0 Å². The van der Waals surface area contributed by atoms with Gasteiger partial charge in [0.1, 0.15) is 5.82 Å². The van der Waals surface area contributed by atoms with Gasteiger partial charge in [0.25, 0.3) is 5.91 Å². The summed E-state index contributed by atoms with van der Waals surface area (Å²) in [5.41, 5.74) is 0.138. The van der Waals surface area contributed by atoms with Gasteiger partial charge in [-0.2, -0.15) is 0 Å². The molecule has 0 heterocycles. The molecule has 0 radical (unpaired) electrons. The number of unbranched alkanes of at least 4 members (excludes halogenated alkanes) is 1. The van der Waals surface area contributed by atoms with E-state index in [9.17, 15) is 9.18 Å². The molecule has 1 rings (SSSR count). The summed E-state index contributed by atoms with van der Waals surface area (Å²) in [7, 11) is 0. The van der Waals surface area contributed by atoms with Gasteiger partial charge in [-0.3, -0.25) is 4.79 Å². The van der Waals surface area contributed by atoms with Crippen LogP contribution in [0.25, 0.3) is 0 Å². The number of amides is 1. The zero-order chi connectivity index (χ0) is 14.4. The number of nitrogens with zero attached hydrogens (tertiary/aromatic N) is 1. The molecule has 4 heteroatoms. The third-order valence-electron chi connectivity index (χ3n) is 3.31. The number of carbonyl (C=O) groups is 1. The first-order valence-corrected chi connectivity index (χ1v) is 7.57. The van der Waals surface area contributed by atoms with E-state index in [1.807, 2.05) is 13.8 Å². The van der Waals surface area contributed by atoms with Crippen molar-refractivity contribution in [2.24, 2.45) is 0 Å². The average Bonchev–Trinajstić information content (AvgIpc) is 2.38. The SMILES string of the molecule is CCCCN(C(=O)c1c(F)cccc1Br)C(C)CC. The molecule has 1 unspecified atom stereocenters. The number of halogens is 2. The van der Waals surface area contributed by atoms with E-state index in [-0.39, 0.29) is 17.5 Å². The second-order valence-corrected chi connectivity index (χ2v) is 5.56. The van der Waals surface area contributed by atoms with Gasteiger partial charge in [0.05, 0.1) is 5.56 Å². The Kier molecular flexibility index (Phi) is 6.49. The highest BCUT2D eigenvalue weighted by Gasteiger charge is 2.24. The zero-order valence-corrected chi connectivity index (χ0v) is 13.3. The maximum absolute atomic E-state index is 13.9. The summed E-state index contributed by atoms with van der Waals surface area (Å²) in [5.74, 6) is -0.697. The van der Waals surface area contributed by atoms with Crippen LogP contribution in [0.2, 0.25) is 0 Å². The molecule has 0 bridgehead atoms. The molecule has 106 valence electrons. The van der Waals surface area contributed by atoms with Gasteiger partial charge in [-0.1, -0.05) is 26.3 Å². The Morgan fingerprint density at radius 3 is 2.63 bits per heavy atom. The second kappa shape index (κ2) is 7.63. The Morgan fingerprint density at radius 2 is 2.11 bits per heavy atom. The molecule has 2 nitrogen and oxygen atoms in total. The molecular formula is C15H21BrFNO. The van der Waals surface area contributed by atoms with Crippen molar-refractivity contribution in [2.45, 2.75) is 46.1 Å². The Bertz CT molecular complexity index is 416. The molecule has 0 aromatic heterocycles. The molecule has 0 spiro atoms. The van der Waals surface area contributed by atoms with E-state index in [2.05, 4.69) is 22.9 Å². The minimum atomic E-state index is -0.468. The quantitative estimate of drug-likeness (QED) is 0.745. The second-order valence-electron chi connectivity index (χ2n) is 4.71. The molecule has 0 saturated carbocycles. The molecule has 0 aliphatic rings. The third kappa shape index (κ3) is 4.03. The van der Waals surface area contributed by atoms with E-state index < -0.39 is 5.82 Å². The summed E-state index contributed by atoms with van der Waals surface area (Å²) >= 11 is 3.27. The number of hydrogen-bond donors (Lipinski definition) is 0. The van der Waals surface area contributed by atoms with Gasteiger partial charge in [-0.05, 0) is 47.8 Å². The highest BCUT2D eigenvalue weighted by atomic mass is 79.9. The van der Waals surface area contributed by atoms with Gasteiger partial charge in [0, 0.05) is 17.1 Å². The number of hydrogen-bond acceptors (Lipinski definition) is 1. The molecule has 0 aliphatic carbocycles. The topological polar surface area (TPSA) is 20.3 Å². The van der Waals surface area contributed by atoms with Gasteiger partial charge >= 0.3 is 0 Å². The lowest BCUT2D eigenvalue weighted by Gasteiger charge is -2.29. The maximum Gasteiger partial charge on any atom is 0.258 e. The lowest BCUT2D eigenvalue weighted by Crippen LogP contribution is -2.39. The van der Waals surface area contributed by atoms with Crippen molar-refractivity contribution in [1.29, 1.82) is 0 Å². The molecule has 1 amide bonds. The van der Waals surface area contributed by atoms with Crippen LogP contribution in [0, 0.1) is 5.82 Å². The first-order valence-electron chi connectivity index (χ1n) is 6.77. The summed E-state index contributed by atoms with van der Waals surface area (Å²) in [5, 5.41) is 0. The van der Waals surface area contributed by atoms with Gasteiger partial charge < -0.3 is 4.90 Å². The average molecular weight is 330 g/mol. The van der Waals surface area contributed by atoms with Crippen LogP contribution >= 0.6 is 15.9 Å². The smallest absolute Gasteiger partial charge is 0.258 e. The maximum atomic E-state index is 13.9. The Morgan fingerprint density at radius 1 is 1.42 bits per heavy atom. The van der Waals surface area contributed by atoms with Crippen molar-refractivity contribution >= 4 is 21.8 Å². The van der Waals surface area contributed by atoms with Crippen molar-refractivity contribution in [1.82, 2.24) is 4.90 Å². The highest BCUT2D eigenvalue weighted by molar-refractivity contribution is 9.10. The largest absolute Gasteiger partial charge is 0.336 e. The minimum Gasteiger partial charge on any atom is -0.336 e. The fourth-order valence-corrected chi connectivity index (χ4v) is 2.43. The monoisotopic (exact) mass is 329 g/mol. The van der Waals surface area contributed by atoms with Crippen LogP contribution in [-0.2, 0) is 0 Å². The Balaban J connectivity index is 3.05. The Labute approximate surface area is 123 Å². The summed E-state index contributed by atoms with van der Waals surface area (Å²) in [6.45, 7) is 6.79. The van der Waals surface area contributed by atoms with Crippen LogP contribution in [0.4, 0.5) is 4.39 Å². The zero-order valence-electron chi connectivity index (χ0n) is 11.7.